The summed E-state index contributed by atoms with van der Waals surface area (Å²) in [5, 5.41) is 12.5. The fraction of sp³-hybridized carbons (Fsp3) is 0.143. The van der Waals surface area contributed by atoms with Gasteiger partial charge in [0, 0.05) is 16.6 Å². The van der Waals surface area contributed by atoms with Crippen LogP contribution in [0.2, 0.25) is 5.02 Å². The zero-order valence-electron chi connectivity index (χ0n) is 14.7. The van der Waals surface area contributed by atoms with E-state index in [-0.39, 0.29) is 12.0 Å². The van der Waals surface area contributed by atoms with Gasteiger partial charge in [-0.05, 0) is 47.5 Å². The molecule has 0 aliphatic carbocycles. The second-order valence-electron chi connectivity index (χ2n) is 6.06. The molecule has 1 atom stereocenters. The minimum Gasteiger partial charge on any atom is -0.481 e. The Labute approximate surface area is 163 Å². The average molecular weight is 385 g/mol. The molecule has 0 spiro atoms. The normalized spacial score (nSPS) is 11.9. The molecule has 0 radical (unpaired) electrons. The van der Waals surface area contributed by atoms with E-state index in [9.17, 15) is 9.59 Å². The first-order chi connectivity index (χ1) is 12.9. The first kappa shape index (κ1) is 20.3. The first-order valence-corrected chi connectivity index (χ1v) is 8.71. The Bertz CT molecular complexity index is 860. The molecular weight excluding hydrogens is 364 g/mol. The lowest BCUT2D eigenvalue weighted by molar-refractivity contribution is -0.137. The highest BCUT2D eigenvalue weighted by atomic mass is 35.5. The summed E-state index contributed by atoms with van der Waals surface area (Å²) in [4.78, 5) is 23.2. The van der Waals surface area contributed by atoms with Crippen LogP contribution in [0.4, 0.5) is 0 Å². The van der Waals surface area contributed by atoms with E-state index in [2.05, 4.69) is 11.9 Å². The molecule has 5 nitrogen and oxygen atoms in total. The van der Waals surface area contributed by atoms with Crippen molar-refractivity contribution >= 4 is 23.5 Å². The highest BCUT2D eigenvalue weighted by Gasteiger charge is 2.17. The fourth-order valence-electron chi connectivity index (χ4n) is 2.64. The van der Waals surface area contributed by atoms with E-state index in [1.54, 1.807) is 0 Å². The summed E-state index contributed by atoms with van der Waals surface area (Å²) in [5.74, 6) is -1.44. The molecule has 2 rings (SSSR count). The molecule has 0 aliphatic heterocycles. The van der Waals surface area contributed by atoms with E-state index in [1.165, 1.54) is 12.3 Å². The van der Waals surface area contributed by atoms with Gasteiger partial charge in [-0.2, -0.15) is 0 Å². The van der Waals surface area contributed by atoms with Crippen molar-refractivity contribution < 1.29 is 14.7 Å². The summed E-state index contributed by atoms with van der Waals surface area (Å²) in [6.45, 7) is 3.60. The number of hydrogen-bond acceptors (Lipinski definition) is 3. The van der Waals surface area contributed by atoms with Crippen LogP contribution in [0.3, 0.4) is 0 Å². The van der Waals surface area contributed by atoms with Crippen LogP contribution in [0.5, 0.6) is 0 Å². The topological polar surface area (TPSA) is 92.4 Å². The third-order valence-electron chi connectivity index (χ3n) is 3.94. The highest BCUT2D eigenvalue weighted by molar-refractivity contribution is 6.30. The van der Waals surface area contributed by atoms with Gasteiger partial charge >= 0.3 is 5.97 Å². The first-order valence-electron chi connectivity index (χ1n) is 8.33. The second kappa shape index (κ2) is 9.59. The molecule has 0 bridgehead atoms. The fourth-order valence-corrected chi connectivity index (χ4v) is 2.83. The van der Waals surface area contributed by atoms with Crippen molar-refractivity contribution in [1.82, 2.24) is 5.32 Å². The van der Waals surface area contributed by atoms with Gasteiger partial charge in [0.1, 0.15) is 0 Å². The molecule has 0 heterocycles. The Morgan fingerprint density at radius 1 is 1.19 bits per heavy atom. The number of benzene rings is 2. The average Bonchev–Trinajstić information content (AvgIpc) is 2.62. The molecule has 2 aromatic rings. The maximum atomic E-state index is 12.1. The summed E-state index contributed by atoms with van der Waals surface area (Å²) >= 11 is 6.02. The Morgan fingerprint density at radius 2 is 1.89 bits per heavy atom. The number of halogens is 1. The monoisotopic (exact) mass is 384 g/mol. The van der Waals surface area contributed by atoms with Crippen LogP contribution < -0.4 is 11.1 Å². The van der Waals surface area contributed by atoms with Crippen molar-refractivity contribution in [2.24, 2.45) is 5.73 Å². The molecule has 0 fully saturated rings. The summed E-state index contributed by atoms with van der Waals surface area (Å²) in [7, 11) is 0. The number of carboxylic acid groups (broad SMARTS) is 1. The molecule has 2 aromatic carbocycles. The molecular formula is C21H21ClN2O3. The minimum atomic E-state index is -0.990. The Hall–Kier alpha value is -3.05. The molecule has 140 valence electrons. The van der Waals surface area contributed by atoms with Crippen molar-refractivity contribution in [3.63, 3.8) is 0 Å². The molecule has 1 amide bonds. The molecule has 4 N–H and O–H groups in total. The van der Waals surface area contributed by atoms with E-state index in [4.69, 9.17) is 22.4 Å². The molecule has 27 heavy (non-hydrogen) atoms. The lowest BCUT2D eigenvalue weighted by Gasteiger charge is -2.17. The zero-order valence-corrected chi connectivity index (χ0v) is 15.4. The number of carboxylic acids is 1. The largest absolute Gasteiger partial charge is 0.481 e. The number of rotatable bonds is 8. The lowest BCUT2D eigenvalue weighted by Crippen LogP contribution is -2.38. The Balaban J connectivity index is 2.11. The lowest BCUT2D eigenvalue weighted by atomic mass is 9.99. The maximum Gasteiger partial charge on any atom is 0.305 e. The third kappa shape index (κ3) is 6.31. The molecule has 6 heteroatoms. The van der Waals surface area contributed by atoms with E-state index in [0.29, 0.717) is 11.4 Å². The van der Waals surface area contributed by atoms with Gasteiger partial charge in [0.05, 0.1) is 6.42 Å². The number of aliphatic carboxylic acids is 1. The van der Waals surface area contributed by atoms with Gasteiger partial charge < -0.3 is 16.2 Å². The third-order valence-corrected chi connectivity index (χ3v) is 4.17. The van der Waals surface area contributed by atoms with Crippen LogP contribution in [0.1, 0.15) is 12.0 Å². The number of nitrogens with two attached hydrogens (primary N) is 1. The van der Waals surface area contributed by atoms with Gasteiger partial charge in [0.15, 0.2) is 0 Å². The molecule has 0 aromatic heterocycles. The second-order valence-corrected chi connectivity index (χ2v) is 6.50. The van der Waals surface area contributed by atoms with Crippen molar-refractivity contribution in [2.75, 3.05) is 0 Å². The smallest absolute Gasteiger partial charge is 0.305 e. The summed E-state index contributed by atoms with van der Waals surface area (Å²) in [6.07, 6.45) is 2.77. The number of hydrogen-bond donors (Lipinski definition) is 3. The predicted molar refractivity (Wildman–Crippen MR) is 107 cm³/mol. The maximum absolute atomic E-state index is 12.1. The van der Waals surface area contributed by atoms with Crippen LogP contribution in [0.25, 0.3) is 11.1 Å². The number of nitrogens with one attached hydrogen (secondary N) is 1. The summed E-state index contributed by atoms with van der Waals surface area (Å²) < 4.78 is 0. The summed E-state index contributed by atoms with van der Waals surface area (Å²) in [6, 6.07) is 14.7. The molecule has 0 saturated heterocycles. The summed E-state index contributed by atoms with van der Waals surface area (Å²) in [5.41, 5.74) is 8.33. The highest BCUT2D eigenvalue weighted by Crippen LogP contribution is 2.23. The number of carbonyl (C=O) groups is 2. The number of carbonyl (C=O) groups excluding carboxylic acids is 1. The van der Waals surface area contributed by atoms with Crippen molar-refractivity contribution in [3.05, 3.63) is 83.5 Å². The quantitative estimate of drug-likeness (QED) is 0.479. The van der Waals surface area contributed by atoms with E-state index in [0.717, 1.165) is 16.7 Å². The van der Waals surface area contributed by atoms with Crippen molar-refractivity contribution in [3.8, 4) is 11.1 Å². The van der Waals surface area contributed by atoms with Gasteiger partial charge in [-0.25, -0.2) is 0 Å². The van der Waals surface area contributed by atoms with Gasteiger partial charge in [0.25, 0.3) is 5.91 Å². The van der Waals surface area contributed by atoms with Crippen molar-refractivity contribution in [2.45, 2.75) is 18.9 Å². The predicted octanol–water partition coefficient (Wildman–Crippen LogP) is 3.54. The molecule has 0 unspecified atom stereocenters. The molecule has 0 saturated carbocycles. The van der Waals surface area contributed by atoms with E-state index in [1.807, 2.05) is 48.5 Å². The van der Waals surface area contributed by atoms with Crippen LogP contribution in [0.15, 0.2) is 73.0 Å². The van der Waals surface area contributed by atoms with E-state index < -0.39 is 17.9 Å². The number of amides is 1. The van der Waals surface area contributed by atoms with Gasteiger partial charge in [-0.15, -0.1) is 0 Å². The van der Waals surface area contributed by atoms with Gasteiger partial charge in [0.2, 0.25) is 0 Å². The van der Waals surface area contributed by atoms with Crippen LogP contribution in [-0.2, 0) is 16.0 Å². The Morgan fingerprint density at radius 3 is 2.48 bits per heavy atom. The van der Waals surface area contributed by atoms with Gasteiger partial charge in [-0.1, -0.05) is 54.6 Å². The molecule has 0 aliphatic rings. The van der Waals surface area contributed by atoms with Crippen LogP contribution >= 0.6 is 11.6 Å². The van der Waals surface area contributed by atoms with Gasteiger partial charge in [-0.3, -0.25) is 9.59 Å². The SMILES string of the molecule is C=C(/C=C\N)C(=O)N[C@@H](CC(=O)O)Cc1ccc(-c2cccc(Cl)c2)cc1. The Kier molecular flexibility index (Phi) is 7.20. The van der Waals surface area contributed by atoms with Crippen LogP contribution in [0, 0.1) is 0 Å². The zero-order chi connectivity index (χ0) is 19.8. The van der Waals surface area contributed by atoms with E-state index >= 15 is 0 Å². The van der Waals surface area contributed by atoms with Crippen LogP contribution in [-0.4, -0.2) is 23.0 Å². The van der Waals surface area contributed by atoms with Crippen molar-refractivity contribution in [1.29, 1.82) is 0 Å². The standard InChI is InChI=1S/C21H21ClN2O3/c1-14(9-10-23)21(27)24-19(13-20(25)26)11-15-5-7-16(8-6-15)17-3-2-4-18(22)12-17/h2-10,12,19H,1,11,13,23H2,(H,24,27)(H,25,26)/b10-9-/t19-/m1/s1. The minimum absolute atomic E-state index is 0.171.